The first-order valence-electron chi connectivity index (χ1n) is 20.8. The number of ether oxygens (including phenoxy) is 2. The van der Waals surface area contributed by atoms with E-state index in [1.54, 1.807) is 32.4 Å². The highest BCUT2D eigenvalue weighted by Gasteiger charge is 2.48. The molecule has 18 nitrogen and oxygen atoms in total. The van der Waals surface area contributed by atoms with Gasteiger partial charge in [-0.15, -0.1) is 4.73 Å². The number of unbranched alkanes of at least 4 members (excludes halogenated alkanes) is 2. The van der Waals surface area contributed by atoms with E-state index in [1.165, 1.54) is 30.3 Å². The van der Waals surface area contributed by atoms with Crippen molar-refractivity contribution in [3.63, 3.8) is 0 Å². The third-order valence-electron chi connectivity index (χ3n) is 11.9. The van der Waals surface area contributed by atoms with Gasteiger partial charge in [0.25, 0.3) is 30.4 Å². The van der Waals surface area contributed by atoms with Crippen molar-refractivity contribution in [1.82, 2.24) is 4.73 Å². The summed E-state index contributed by atoms with van der Waals surface area (Å²) in [5.74, 6) is -1.74. The van der Waals surface area contributed by atoms with E-state index in [4.69, 9.17) is 22.7 Å². The van der Waals surface area contributed by atoms with E-state index < -0.39 is 58.9 Å². The predicted octanol–water partition coefficient (Wildman–Crippen LogP) is 5.27. The van der Waals surface area contributed by atoms with Crippen molar-refractivity contribution in [2.75, 3.05) is 65.4 Å². The fourth-order valence-electron chi connectivity index (χ4n) is 8.37. The Morgan fingerprint density at radius 2 is 1.43 bits per heavy atom. The Hall–Kier alpha value is -4.87. The molecule has 2 atom stereocenters. The Morgan fingerprint density at radius 1 is 0.754 bits per heavy atom. The minimum atomic E-state index is -4.54. The number of carbonyl (C=O) groups is 1. The largest absolute Gasteiger partial charge is 0.492 e. The molecule has 65 heavy (non-hydrogen) atoms. The van der Waals surface area contributed by atoms with Crippen LogP contribution in [0.1, 0.15) is 69.9 Å². The quantitative estimate of drug-likeness (QED) is 0.0341. The molecule has 21 heteroatoms. The number of carbonyl (C=O) groups excluding carboxylic acids is 1. The van der Waals surface area contributed by atoms with Gasteiger partial charge >= 0.3 is 5.97 Å². The zero-order valence-electron chi connectivity index (χ0n) is 37.3. The van der Waals surface area contributed by atoms with Crippen molar-refractivity contribution in [3.05, 3.63) is 95.7 Å². The highest BCUT2D eigenvalue weighted by molar-refractivity contribution is 7.87. The molecule has 0 fully saturated rings. The maximum atomic E-state index is 12.9. The summed E-state index contributed by atoms with van der Waals surface area (Å²) in [6, 6.07) is 11.6. The average Bonchev–Trinajstić information content (AvgIpc) is 3.80. The van der Waals surface area contributed by atoms with E-state index in [0.29, 0.717) is 74.3 Å². The van der Waals surface area contributed by atoms with Gasteiger partial charge in [0.15, 0.2) is 12.3 Å². The van der Waals surface area contributed by atoms with E-state index >= 15 is 0 Å². The molecule has 3 aromatic rings. The Bertz CT molecular complexity index is 2670. The summed E-state index contributed by atoms with van der Waals surface area (Å²) in [6.07, 6.45) is 11.9. The van der Waals surface area contributed by atoms with Gasteiger partial charge in [0, 0.05) is 80.4 Å². The maximum Gasteiger partial charge on any atom is 0.333 e. The number of methoxy groups -OCH3 is 2. The molecule has 0 bridgehead atoms. The standard InChI is InChI=1S/C44H57N3O15S3/c1-43(23-13-29-63(51,52)60-5)35-31-33(65(56,57)61-6)18-20-37(35)46(26-28-59-4)38(43)14-9-7-10-15-39-44(2,24-27-58-3)34-30-32(64(53,54)55)17-19-36(34)45(39)25-12-8-11-16-42(50)62-47-40(48)21-22-41(47)49/h7,9-10,14-15,17-22,30-31H,8,11-13,16,23-29H2,1-6H3,(H2-,48,49,53,54,55)/p+1. The number of nitrogens with zero attached hydrogens (tertiary/aromatic N) is 3. The van der Waals surface area contributed by atoms with Crippen molar-refractivity contribution in [2.45, 2.75) is 79.4 Å². The molecule has 0 amide bonds. The van der Waals surface area contributed by atoms with E-state index in [-0.39, 0.29) is 28.4 Å². The van der Waals surface area contributed by atoms with Crippen molar-refractivity contribution in [1.29, 1.82) is 0 Å². The van der Waals surface area contributed by atoms with Crippen LogP contribution in [0.15, 0.2) is 94.4 Å². The fourth-order valence-corrected chi connectivity index (χ4v) is 10.2. The lowest BCUT2D eigenvalue weighted by Gasteiger charge is -2.30. The summed E-state index contributed by atoms with van der Waals surface area (Å²) in [7, 11) is -7.06. The van der Waals surface area contributed by atoms with E-state index in [2.05, 4.69) is 4.90 Å². The molecule has 1 aromatic heterocycles. The van der Waals surface area contributed by atoms with Gasteiger partial charge in [-0.05, 0) is 87.9 Å². The SMILES string of the molecule is COCC[N+]1=C(C=CC=CC=C2N(CCCCCC(=O)On3c(O)ccc3O)c3ccc(S(=O)(=O)O)cc3C2(C)CCOC)C(C)(CCCS(=O)(=O)OC)c2cc(S(=O)(=O)OC)ccc21. The van der Waals surface area contributed by atoms with Crippen LogP contribution < -0.4 is 9.74 Å². The second-order valence-corrected chi connectivity index (χ2v) is 21.0. The lowest BCUT2D eigenvalue weighted by Crippen LogP contribution is -2.32. The number of allylic oxidation sites excluding steroid dienone is 6. The lowest BCUT2D eigenvalue weighted by atomic mass is 9.76. The summed E-state index contributed by atoms with van der Waals surface area (Å²) in [5.41, 5.74) is 2.73. The van der Waals surface area contributed by atoms with Crippen molar-refractivity contribution in [2.24, 2.45) is 0 Å². The average molecular weight is 965 g/mol. The van der Waals surface area contributed by atoms with Crippen LogP contribution in [0.4, 0.5) is 11.4 Å². The monoisotopic (exact) mass is 964 g/mol. The number of rotatable bonds is 24. The molecule has 0 saturated heterocycles. The van der Waals surface area contributed by atoms with E-state index in [0.717, 1.165) is 37.0 Å². The molecule has 2 unspecified atom stereocenters. The molecule has 2 aromatic carbocycles. The van der Waals surface area contributed by atoms with Gasteiger partial charge in [-0.1, -0.05) is 24.6 Å². The number of hydrogen-bond acceptors (Lipinski definition) is 15. The first-order chi connectivity index (χ1) is 30.7. The zero-order valence-corrected chi connectivity index (χ0v) is 39.7. The van der Waals surface area contributed by atoms with Crippen molar-refractivity contribution >= 4 is 53.4 Å². The summed E-state index contributed by atoms with van der Waals surface area (Å²) in [5, 5.41) is 19.6. The molecule has 0 radical (unpaired) electrons. The van der Waals surface area contributed by atoms with Crippen molar-refractivity contribution in [3.8, 4) is 11.8 Å². The van der Waals surface area contributed by atoms with Crippen LogP contribution in [0.2, 0.25) is 0 Å². The van der Waals surface area contributed by atoms with Crippen LogP contribution in [-0.4, -0.2) is 122 Å². The van der Waals surface area contributed by atoms with Gasteiger partial charge < -0.3 is 29.4 Å². The normalized spacial score (nSPS) is 19.6. The van der Waals surface area contributed by atoms with Gasteiger partial charge in [-0.3, -0.25) is 12.9 Å². The van der Waals surface area contributed by atoms with Gasteiger partial charge in [-0.25, -0.2) is 4.79 Å². The maximum absolute atomic E-state index is 12.9. The first-order valence-corrected chi connectivity index (χ1v) is 25.2. The molecule has 5 rings (SSSR count). The Morgan fingerprint density at radius 3 is 2.08 bits per heavy atom. The van der Waals surface area contributed by atoms with Crippen LogP contribution in [0.3, 0.4) is 0 Å². The number of hydrogen-bond donors (Lipinski definition) is 3. The Balaban J connectivity index is 1.49. The topological polar surface area (TPSA) is 238 Å². The van der Waals surface area contributed by atoms with Gasteiger partial charge in [0.2, 0.25) is 17.4 Å². The second-order valence-electron chi connectivity index (χ2n) is 16.0. The highest BCUT2D eigenvalue weighted by Crippen LogP contribution is 2.51. The number of anilines is 1. The van der Waals surface area contributed by atoms with Crippen LogP contribution in [0, 0.1) is 0 Å². The first kappa shape index (κ1) is 51.1. The summed E-state index contributed by atoms with van der Waals surface area (Å²) < 4.78 is 108. The third kappa shape index (κ3) is 11.6. The van der Waals surface area contributed by atoms with Crippen LogP contribution in [-0.2, 0) is 63.8 Å². The molecule has 2 aliphatic heterocycles. The minimum Gasteiger partial charge on any atom is -0.492 e. The van der Waals surface area contributed by atoms with Crippen LogP contribution >= 0.6 is 0 Å². The zero-order chi connectivity index (χ0) is 47.8. The summed E-state index contributed by atoms with van der Waals surface area (Å²) in [6.45, 7) is 5.42. The molecule has 0 saturated carbocycles. The lowest BCUT2D eigenvalue weighted by molar-refractivity contribution is -0.441. The van der Waals surface area contributed by atoms with E-state index in [1.807, 2.05) is 48.8 Å². The molecule has 3 N–H and O–H groups in total. The van der Waals surface area contributed by atoms with Gasteiger partial charge in [0.05, 0.1) is 35.2 Å². The molecular formula is C44H58N3O15S3+. The van der Waals surface area contributed by atoms with Gasteiger partial charge in [0.1, 0.15) is 6.61 Å². The van der Waals surface area contributed by atoms with Crippen LogP contribution in [0.25, 0.3) is 0 Å². The smallest absolute Gasteiger partial charge is 0.333 e. The van der Waals surface area contributed by atoms with Crippen LogP contribution in [0.5, 0.6) is 11.8 Å². The molecule has 2 aliphatic rings. The molecular weight excluding hydrogens is 907 g/mol. The summed E-state index contributed by atoms with van der Waals surface area (Å²) >= 11 is 0. The highest BCUT2D eigenvalue weighted by atomic mass is 32.2. The molecule has 356 valence electrons. The second kappa shape index (κ2) is 21.2. The Kier molecular flexibility index (Phi) is 16.7. The third-order valence-corrected chi connectivity index (χ3v) is 15.3. The fraction of sp³-hybridized carbons (Fsp3) is 0.455. The number of aromatic hydroxyl groups is 2. The number of aromatic nitrogens is 1. The minimum absolute atomic E-state index is 0.0143. The molecule has 0 spiro atoms. The number of fused-ring (bicyclic) bond motifs is 2. The van der Waals surface area contributed by atoms with Crippen molar-refractivity contribution < 1.29 is 72.1 Å². The molecule has 3 heterocycles. The predicted molar refractivity (Wildman–Crippen MR) is 241 cm³/mol. The summed E-state index contributed by atoms with van der Waals surface area (Å²) in [4.78, 5) is 19.3. The number of benzene rings is 2. The Labute approximate surface area is 381 Å². The molecule has 0 aliphatic carbocycles. The van der Waals surface area contributed by atoms with Gasteiger partial charge in [-0.2, -0.15) is 29.8 Å². The van der Waals surface area contributed by atoms with E-state index in [9.17, 15) is 44.8 Å².